The van der Waals surface area contributed by atoms with Gasteiger partial charge in [0.05, 0.1) is 0 Å². The van der Waals surface area contributed by atoms with E-state index in [0.29, 0.717) is 25.4 Å². The number of halogens is 2. The molecule has 0 radical (unpaired) electrons. The summed E-state index contributed by atoms with van der Waals surface area (Å²) in [5, 5.41) is 0. The number of nitrogens with zero attached hydrogens (tertiary/aromatic N) is 2. The molecule has 0 bridgehead atoms. The van der Waals surface area contributed by atoms with Crippen molar-refractivity contribution in [2.45, 2.75) is 32.4 Å². The fourth-order valence-corrected chi connectivity index (χ4v) is 3.08. The molecule has 1 aromatic heterocycles. The standard InChI is InChI=1S/C14H20BrN3O2.ClH/c1-10-6-11(7-16)8-18(10)14(20)4-5-17-9-12(15)2-3-13(17)19;/h2-3,9-11H,4-8,16H2,1H3;1H. The molecule has 2 heterocycles. The first-order chi connectivity index (χ1) is 9.51. The number of hydrogen-bond donors (Lipinski definition) is 1. The Bertz CT molecular complexity index is 549. The molecule has 0 saturated carbocycles. The van der Waals surface area contributed by atoms with Crippen LogP contribution < -0.4 is 11.3 Å². The molecule has 1 saturated heterocycles. The van der Waals surface area contributed by atoms with Gasteiger partial charge in [-0.15, -0.1) is 12.4 Å². The lowest BCUT2D eigenvalue weighted by Crippen LogP contribution is -2.35. The molecule has 2 rings (SSSR count). The summed E-state index contributed by atoms with van der Waals surface area (Å²) in [6, 6.07) is 3.45. The minimum Gasteiger partial charge on any atom is -0.340 e. The van der Waals surface area contributed by atoms with Crippen molar-refractivity contribution in [3.63, 3.8) is 0 Å². The van der Waals surface area contributed by atoms with Gasteiger partial charge in [0.2, 0.25) is 5.91 Å². The monoisotopic (exact) mass is 377 g/mol. The number of nitrogens with two attached hydrogens (primary N) is 1. The zero-order chi connectivity index (χ0) is 14.7. The molecule has 2 unspecified atom stereocenters. The SMILES string of the molecule is CC1CC(CN)CN1C(=O)CCn1cc(Br)ccc1=O.Cl. The Balaban J connectivity index is 0.00000220. The van der Waals surface area contributed by atoms with Crippen LogP contribution in [0.4, 0.5) is 0 Å². The van der Waals surface area contributed by atoms with Crippen LogP contribution in [0.25, 0.3) is 0 Å². The van der Waals surface area contributed by atoms with Crippen LogP contribution in [0.3, 0.4) is 0 Å². The fraction of sp³-hybridized carbons (Fsp3) is 0.571. The first-order valence-electron chi connectivity index (χ1n) is 6.86. The molecule has 0 spiro atoms. The van der Waals surface area contributed by atoms with E-state index in [1.807, 2.05) is 4.90 Å². The van der Waals surface area contributed by atoms with Gasteiger partial charge in [0, 0.05) is 42.3 Å². The van der Waals surface area contributed by atoms with Crippen molar-refractivity contribution < 1.29 is 4.79 Å². The van der Waals surface area contributed by atoms with Gasteiger partial charge in [0.25, 0.3) is 5.56 Å². The Morgan fingerprint density at radius 2 is 2.19 bits per heavy atom. The first-order valence-corrected chi connectivity index (χ1v) is 7.66. The average Bonchev–Trinajstić information content (AvgIpc) is 2.81. The molecule has 1 aromatic rings. The molecule has 1 aliphatic rings. The first kappa shape index (κ1) is 18.2. The fourth-order valence-electron chi connectivity index (χ4n) is 2.70. The summed E-state index contributed by atoms with van der Waals surface area (Å²) in [4.78, 5) is 25.8. The number of amides is 1. The lowest BCUT2D eigenvalue weighted by molar-refractivity contribution is -0.132. The molecule has 1 fully saturated rings. The Morgan fingerprint density at radius 3 is 2.81 bits per heavy atom. The van der Waals surface area contributed by atoms with Gasteiger partial charge in [0.15, 0.2) is 0 Å². The van der Waals surface area contributed by atoms with Crippen LogP contribution in [-0.2, 0) is 11.3 Å². The number of aromatic nitrogens is 1. The third kappa shape index (κ3) is 4.56. The minimum atomic E-state index is -0.0877. The molecular weight excluding hydrogens is 358 g/mol. The molecule has 5 nitrogen and oxygen atoms in total. The Hall–Kier alpha value is -0.850. The van der Waals surface area contributed by atoms with Crippen molar-refractivity contribution in [2.75, 3.05) is 13.1 Å². The summed E-state index contributed by atoms with van der Waals surface area (Å²) in [5.74, 6) is 0.503. The zero-order valence-corrected chi connectivity index (χ0v) is 14.4. The van der Waals surface area contributed by atoms with Gasteiger partial charge in [0.1, 0.15) is 0 Å². The summed E-state index contributed by atoms with van der Waals surface area (Å²) in [6.45, 7) is 3.83. The number of rotatable bonds is 4. The second-order valence-electron chi connectivity index (χ2n) is 5.36. The largest absolute Gasteiger partial charge is 0.340 e. The zero-order valence-electron chi connectivity index (χ0n) is 12.0. The summed E-state index contributed by atoms with van der Waals surface area (Å²) in [5.41, 5.74) is 5.58. The van der Waals surface area contributed by atoms with Crippen LogP contribution in [0.1, 0.15) is 19.8 Å². The third-order valence-corrected chi connectivity index (χ3v) is 4.30. The summed E-state index contributed by atoms with van der Waals surface area (Å²) >= 11 is 3.33. The Kier molecular flexibility index (Phi) is 6.90. The van der Waals surface area contributed by atoms with Gasteiger partial charge in [-0.2, -0.15) is 0 Å². The van der Waals surface area contributed by atoms with Crippen molar-refractivity contribution >= 4 is 34.2 Å². The lowest BCUT2D eigenvalue weighted by atomic mass is 10.1. The van der Waals surface area contributed by atoms with E-state index < -0.39 is 0 Å². The molecule has 118 valence electrons. The quantitative estimate of drug-likeness (QED) is 0.865. The maximum atomic E-state index is 12.2. The topological polar surface area (TPSA) is 68.3 Å². The number of pyridine rings is 1. The van der Waals surface area contributed by atoms with Crippen LogP contribution in [0.2, 0.25) is 0 Å². The smallest absolute Gasteiger partial charge is 0.250 e. The molecule has 0 aromatic carbocycles. The van der Waals surface area contributed by atoms with Gasteiger partial charge >= 0.3 is 0 Å². The second-order valence-corrected chi connectivity index (χ2v) is 6.28. The van der Waals surface area contributed by atoms with E-state index in [2.05, 4.69) is 22.9 Å². The van der Waals surface area contributed by atoms with Crippen molar-refractivity contribution in [2.24, 2.45) is 11.7 Å². The van der Waals surface area contributed by atoms with Gasteiger partial charge in [-0.25, -0.2) is 0 Å². The van der Waals surface area contributed by atoms with E-state index in [1.165, 1.54) is 6.07 Å². The lowest BCUT2D eigenvalue weighted by Gasteiger charge is -2.21. The van der Waals surface area contributed by atoms with Crippen molar-refractivity contribution in [3.05, 3.63) is 33.2 Å². The third-order valence-electron chi connectivity index (χ3n) is 3.83. The van der Waals surface area contributed by atoms with Gasteiger partial charge in [-0.05, 0) is 47.8 Å². The van der Waals surface area contributed by atoms with Crippen molar-refractivity contribution in [1.29, 1.82) is 0 Å². The van der Waals surface area contributed by atoms with E-state index in [4.69, 9.17) is 5.73 Å². The van der Waals surface area contributed by atoms with Gasteiger partial charge in [-0.1, -0.05) is 0 Å². The van der Waals surface area contributed by atoms with E-state index in [-0.39, 0.29) is 29.9 Å². The number of hydrogen-bond acceptors (Lipinski definition) is 3. The highest BCUT2D eigenvalue weighted by Crippen LogP contribution is 2.22. The highest BCUT2D eigenvalue weighted by atomic mass is 79.9. The van der Waals surface area contributed by atoms with Crippen LogP contribution in [0.15, 0.2) is 27.6 Å². The molecule has 2 N–H and O–H groups in total. The van der Waals surface area contributed by atoms with Crippen LogP contribution in [0, 0.1) is 5.92 Å². The summed E-state index contributed by atoms with van der Waals surface area (Å²) in [7, 11) is 0. The molecule has 1 aliphatic heterocycles. The van der Waals surface area contributed by atoms with Crippen molar-refractivity contribution in [3.8, 4) is 0 Å². The predicted octanol–water partition coefficient (Wildman–Crippen LogP) is 1.62. The minimum absolute atomic E-state index is 0. The summed E-state index contributed by atoms with van der Waals surface area (Å²) in [6.07, 6.45) is 3.03. The summed E-state index contributed by atoms with van der Waals surface area (Å²) < 4.78 is 2.39. The number of aryl methyl sites for hydroxylation is 1. The normalized spacial score (nSPS) is 21.2. The van der Waals surface area contributed by atoms with E-state index in [9.17, 15) is 9.59 Å². The number of carbonyl (C=O) groups is 1. The average molecular weight is 379 g/mol. The second kappa shape index (κ2) is 7.96. The molecular formula is C14H21BrClN3O2. The van der Waals surface area contributed by atoms with Crippen molar-refractivity contribution in [1.82, 2.24) is 9.47 Å². The highest BCUT2D eigenvalue weighted by molar-refractivity contribution is 9.10. The van der Waals surface area contributed by atoms with Gasteiger partial charge in [-0.3, -0.25) is 9.59 Å². The van der Waals surface area contributed by atoms with Gasteiger partial charge < -0.3 is 15.2 Å². The molecule has 7 heteroatoms. The Morgan fingerprint density at radius 1 is 1.48 bits per heavy atom. The van der Waals surface area contributed by atoms with E-state index in [1.54, 1.807) is 16.8 Å². The molecule has 21 heavy (non-hydrogen) atoms. The maximum Gasteiger partial charge on any atom is 0.250 e. The van der Waals surface area contributed by atoms with E-state index in [0.717, 1.165) is 17.4 Å². The van der Waals surface area contributed by atoms with Crippen LogP contribution >= 0.6 is 28.3 Å². The molecule has 2 atom stereocenters. The number of likely N-dealkylation sites (tertiary alicyclic amines) is 1. The molecule has 0 aliphatic carbocycles. The highest BCUT2D eigenvalue weighted by Gasteiger charge is 2.31. The Labute approximate surface area is 139 Å². The van der Waals surface area contributed by atoms with Crippen LogP contribution in [0.5, 0.6) is 0 Å². The predicted molar refractivity (Wildman–Crippen MR) is 88.6 cm³/mol. The van der Waals surface area contributed by atoms with Crippen LogP contribution in [-0.4, -0.2) is 34.5 Å². The number of carbonyl (C=O) groups excluding carboxylic acids is 1. The van der Waals surface area contributed by atoms with E-state index >= 15 is 0 Å². The maximum absolute atomic E-state index is 12.2. The molecule has 1 amide bonds.